The molecule has 5 heteroatoms. The smallest absolute Gasteiger partial charge is 0.243 e. The maximum absolute atomic E-state index is 14.3. The van der Waals surface area contributed by atoms with Crippen LogP contribution in [0.2, 0.25) is 0 Å². The van der Waals surface area contributed by atoms with Crippen LogP contribution in [-0.2, 0) is 22.6 Å². The summed E-state index contributed by atoms with van der Waals surface area (Å²) in [5, 5.41) is 3.01. The molecule has 0 heterocycles. The minimum atomic E-state index is -0.719. The molecule has 0 saturated carbocycles. The van der Waals surface area contributed by atoms with E-state index in [-0.39, 0.29) is 36.5 Å². The fraction of sp³-hybridized carbons (Fsp3) is 0.235. The number of hydrogen-bond acceptors (Lipinski definition) is 2. The number of nitrogens with zero attached hydrogens (tertiary/aromatic N) is 1. The number of carbonyl (C=O) groups is 2. The molecule has 0 bridgehead atoms. The number of carbonyl (C=O) groups excluding carboxylic acids is 2. The summed E-state index contributed by atoms with van der Waals surface area (Å²) in [6.07, 6.45) is 1.37. The number of amides is 2. The van der Waals surface area contributed by atoms with Gasteiger partial charge in [-0.1, -0.05) is 110 Å². The Balaban J connectivity index is 1.71. The summed E-state index contributed by atoms with van der Waals surface area (Å²) < 4.78 is 13.7. The van der Waals surface area contributed by atoms with Gasteiger partial charge in [0.2, 0.25) is 11.8 Å². The summed E-state index contributed by atoms with van der Waals surface area (Å²) in [6.45, 7) is 2.73. The van der Waals surface area contributed by atoms with Crippen molar-refractivity contribution < 1.29 is 14.0 Å². The molecule has 1 atom stereocenters. The molecule has 4 aromatic carbocycles. The van der Waals surface area contributed by atoms with Gasteiger partial charge in [0.1, 0.15) is 11.9 Å². The lowest BCUT2D eigenvalue weighted by Gasteiger charge is -2.33. The van der Waals surface area contributed by atoms with Gasteiger partial charge in [-0.05, 0) is 40.8 Å². The Morgan fingerprint density at radius 3 is 1.82 bits per heavy atom. The molecule has 2 amide bonds. The third kappa shape index (κ3) is 7.87. The number of halogens is 1. The zero-order chi connectivity index (χ0) is 27.5. The largest absolute Gasteiger partial charge is 0.354 e. The van der Waals surface area contributed by atoms with Crippen molar-refractivity contribution in [3.05, 3.63) is 143 Å². The van der Waals surface area contributed by atoms with E-state index in [1.54, 1.807) is 17.0 Å². The van der Waals surface area contributed by atoms with Crippen LogP contribution in [0.5, 0.6) is 0 Å². The molecule has 0 spiro atoms. The van der Waals surface area contributed by atoms with E-state index in [1.807, 2.05) is 97.9 Å². The minimum Gasteiger partial charge on any atom is -0.354 e. The van der Waals surface area contributed by atoms with Crippen LogP contribution in [0, 0.1) is 5.82 Å². The first-order valence-corrected chi connectivity index (χ1v) is 13.5. The highest BCUT2D eigenvalue weighted by Crippen LogP contribution is 2.30. The summed E-state index contributed by atoms with van der Waals surface area (Å²) in [5.41, 5.74) is 3.80. The van der Waals surface area contributed by atoms with E-state index in [1.165, 1.54) is 12.1 Å². The second kappa shape index (κ2) is 14.1. The molecule has 0 fully saturated rings. The first kappa shape index (κ1) is 27.8. The molecule has 39 heavy (non-hydrogen) atoms. The second-order valence-electron chi connectivity index (χ2n) is 9.72. The zero-order valence-electron chi connectivity index (χ0n) is 22.3. The fourth-order valence-corrected chi connectivity index (χ4v) is 4.80. The van der Waals surface area contributed by atoms with Gasteiger partial charge in [0, 0.05) is 31.8 Å². The van der Waals surface area contributed by atoms with Crippen LogP contribution in [0.3, 0.4) is 0 Å². The number of rotatable bonds is 12. The third-order valence-corrected chi connectivity index (χ3v) is 6.87. The Morgan fingerprint density at radius 2 is 1.28 bits per heavy atom. The lowest BCUT2D eigenvalue weighted by molar-refractivity contribution is -0.141. The normalized spacial score (nSPS) is 11.7. The number of nitrogens with one attached hydrogen (secondary N) is 1. The highest BCUT2D eigenvalue weighted by molar-refractivity contribution is 5.88. The Hall–Kier alpha value is -4.25. The molecule has 4 aromatic rings. The van der Waals surface area contributed by atoms with Gasteiger partial charge < -0.3 is 10.2 Å². The summed E-state index contributed by atoms with van der Waals surface area (Å²) in [4.78, 5) is 29.5. The third-order valence-electron chi connectivity index (χ3n) is 6.87. The quantitative estimate of drug-likeness (QED) is 0.230. The van der Waals surface area contributed by atoms with E-state index < -0.39 is 6.04 Å². The lowest BCUT2D eigenvalue weighted by Crippen LogP contribution is -2.50. The van der Waals surface area contributed by atoms with Crippen LogP contribution in [0.15, 0.2) is 115 Å². The molecule has 0 saturated heterocycles. The SMILES string of the molecule is CCCNC(=O)[C@H](Cc1ccccc1)N(Cc1ccc(F)cc1)C(=O)CC(c1ccccc1)c1ccccc1. The summed E-state index contributed by atoms with van der Waals surface area (Å²) in [6, 6.07) is 35.1. The summed E-state index contributed by atoms with van der Waals surface area (Å²) in [7, 11) is 0. The van der Waals surface area contributed by atoms with Crippen molar-refractivity contribution in [3.63, 3.8) is 0 Å². The molecule has 0 radical (unpaired) electrons. The van der Waals surface area contributed by atoms with Crippen LogP contribution in [-0.4, -0.2) is 29.3 Å². The van der Waals surface area contributed by atoms with E-state index in [0.29, 0.717) is 13.0 Å². The molecule has 1 N–H and O–H groups in total. The number of hydrogen-bond donors (Lipinski definition) is 1. The Morgan fingerprint density at radius 1 is 0.744 bits per heavy atom. The van der Waals surface area contributed by atoms with Crippen LogP contribution in [0.4, 0.5) is 4.39 Å². The zero-order valence-corrected chi connectivity index (χ0v) is 22.3. The predicted molar refractivity (Wildman–Crippen MR) is 154 cm³/mol. The van der Waals surface area contributed by atoms with Gasteiger partial charge in [-0.2, -0.15) is 0 Å². The lowest BCUT2D eigenvalue weighted by atomic mass is 9.87. The van der Waals surface area contributed by atoms with Gasteiger partial charge in [-0.25, -0.2) is 4.39 Å². The molecule has 0 aromatic heterocycles. The van der Waals surface area contributed by atoms with Crippen molar-refractivity contribution in [3.8, 4) is 0 Å². The van der Waals surface area contributed by atoms with Crippen molar-refractivity contribution in [2.24, 2.45) is 0 Å². The Bertz CT molecular complexity index is 1270. The molecular weight excluding hydrogens is 487 g/mol. The van der Waals surface area contributed by atoms with Crippen molar-refractivity contribution in [2.75, 3.05) is 6.54 Å². The van der Waals surface area contributed by atoms with E-state index in [2.05, 4.69) is 5.32 Å². The van der Waals surface area contributed by atoms with Crippen LogP contribution < -0.4 is 5.32 Å². The maximum Gasteiger partial charge on any atom is 0.243 e. The second-order valence-corrected chi connectivity index (χ2v) is 9.72. The topological polar surface area (TPSA) is 49.4 Å². The highest BCUT2D eigenvalue weighted by atomic mass is 19.1. The summed E-state index contributed by atoms with van der Waals surface area (Å²) >= 11 is 0. The Labute approximate surface area is 230 Å². The van der Waals surface area contributed by atoms with Crippen LogP contribution in [0.25, 0.3) is 0 Å². The average Bonchev–Trinajstić information content (AvgIpc) is 2.98. The van der Waals surface area contributed by atoms with E-state index in [4.69, 9.17) is 0 Å². The van der Waals surface area contributed by atoms with Crippen molar-refractivity contribution >= 4 is 11.8 Å². The molecule has 0 unspecified atom stereocenters. The first-order valence-electron chi connectivity index (χ1n) is 13.5. The molecule has 0 aliphatic heterocycles. The van der Waals surface area contributed by atoms with Crippen molar-refractivity contribution in [1.82, 2.24) is 10.2 Å². The maximum atomic E-state index is 14.3. The molecule has 0 aliphatic rings. The van der Waals surface area contributed by atoms with Gasteiger partial charge in [0.05, 0.1) is 0 Å². The monoisotopic (exact) mass is 522 g/mol. The standard InChI is InChI=1S/C34H35FN2O2/c1-2-22-36-34(39)32(23-26-12-6-3-7-13-26)37(25-27-18-20-30(35)21-19-27)33(38)24-31(28-14-8-4-9-15-28)29-16-10-5-11-17-29/h3-21,31-32H,2,22-25H2,1H3,(H,36,39)/t32-/m0/s1. The van der Waals surface area contributed by atoms with Crippen LogP contribution >= 0.6 is 0 Å². The van der Waals surface area contributed by atoms with Gasteiger partial charge in [0.25, 0.3) is 0 Å². The van der Waals surface area contributed by atoms with Gasteiger partial charge >= 0.3 is 0 Å². The van der Waals surface area contributed by atoms with E-state index in [0.717, 1.165) is 28.7 Å². The molecule has 0 aliphatic carbocycles. The predicted octanol–water partition coefficient (Wildman–Crippen LogP) is 6.51. The van der Waals surface area contributed by atoms with Gasteiger partial charge in [-0.3, -0.25) is 9.59 Å². The first-order chi connectivity index (χ1) is 19.0. The van der Waals surface area contributed by atoms with Crippen molar-refractivity contribution in [1.29, 1.82) is 0 Å². The van der Waals surface area contributed by atoms with Gasteiger partial charge in [-0.15, -0.1) is 0 Å². The molecule has 4 nitrogen and oxygen atoms in total. The highest BCUT2D eigenvalue weighted by Gasteiger charge is 2.32. The Kier molecular flexibility index (Phi) is 10.0. The van der Waals surface area contributed by atoms with Crippen molar-refractivity contribution in [2.45, 2.75) is 44.7 Å². The molecular formula is C34H35FN2O2. The average molecular weight is 523 g/mol. The van der Waals surface area contributed by atoms with Crippen LogP contribution in [0.1, 0.15) is 47.9 Å². The van der Waals surface area contributed by atoms with Gasteiger partial charge in [0.15, 0.2) is 0 Å². The minimum absolute atomic E-state index is 0.135. The summed E-state index contributed by atoms with van der Waals surface area (Å²) in [5.74, 6) is -0.838. The van der Waals surface area contributed by atoms with E-state index >= 15 is 0 Å². The number of benzene rings is 4. The molecule has 200 valence electrons. The molecule has 4 rings (SSSR count). The van der Waals surface area contributed by atoms with E-state index in [9.17, 15) is 14.0 Å². The fourth-order valence-electron chi connectivity index (χ4n) is 4.80.